The van der Waals surface area contributed by atoms with Gasteiger partial charge in [-0.25, -0.2) is 4.79 Å². The zero-order chi connectivity index (χ0) is 21.7. The van der Waals surface area contributed by atoms with Crippen LogP contribution < -0.4 is 19.5 Å². The molecular weight excluding hydrogens is 416 g/mol. The Morgan fingerprint density at radius 3 is 2.77 bits per heavy atom. The number of fused-ring (bicyclic) bond motifs is 1. The van der Waals surface area contributed by atoms with Crippen LogP contribution in [-0.4, -0.2) is 56.8 Å². The van der Waals surface area contributed by atoms with Crippen LogP contribution in [0, 0.1) is 0 Å². The maximum absolute atomic E-state index is 12.2. The molecule has 0 fully saturated rings. The summed E-state index contributed by atoms with van der Waals surface area (Å²) in [7, 11) is 2.95. The Kier molecular flexibility index (Phi) is 6.63. The fourth-order valence-corrected chi connectivity index (χ4v) is 2.88. The molecular formula is C20H19ClN2O7. The number of rotatable bonds is 7. The summed E-state index contributed by atoms with van der Waals surface area (Å²) in [4.78, 5) is 37.7. The van der Waals surface area contributed by atoms with Gasteiger partial charge in [0, 0.05) is 18.8 Å². The molecule has 0 aromatic heterocycles. The van der Waals surface area contributed by atoms with Crippen LogP contribution in [0.25, 0.3) is 0 Å². The highest BCUT2D eigenvalue weighted by Gasteiger charge is 2.22. The first kappa shape index (κ1) is 21.3. The minimum atomic E-state index is -0.752. The van der Waals surface area contributed by atoms with Crippen molar-refractivity contribution in [1.82, 2.24) is 4.90 Å². The predicted molar refractivity (Wildman–Crippen MR) is 107 cm³/mol. The molecule has 9 nitrogen and oxygen atoms in total. The maximum atomic E-state index is 12.2. The highest BCUT2D eigenvalue weighted by molar-refractivity contribution is 6.32. The second-order valence-corrected chi connectivity index (χ2v) is 6.71. The molecule has 2 aromatic rings. The Balaban J connectivity index is 1.50. The largest absolute Gasteiger partial charge is 0.497 e. The Morgan fingerprint density at radius 2 is 2.00 bits per heavy atom. The molecule has 1 N–H and O–H groups in total. The van der Waals surface area contributed by atoms with E-state index in [0.717, 1.165) is 4.90 Å². The number of carbonyl (C=O) groups excluding carboxylic acids is 3. The number of anilines is 1. The van der Waals surface area contributed by atoms with Crippen molar-refractivity contribution < 1.29 is 33.3 Å². The number of hydrogen-bond donors (Lipinski definition) is 1. The standard InChI is InChI=1S/C20H19ClN2O7/c1-23(9-17(24)22-13-4-3-5-14(8-13)27-2)18(25)10-28-20(26)12-6-15(21)19-16(7-12)29-11-30-19/h3-8H,9-11H2,1-2H3,(H,22,24). The van der Waals surface area contributed by atoms with Gasteiger partial charge in [-0.15, -0.1) is 0 Å². The van der Waals surface area contributed by atoms with E-state index in [0.29, 0.717) is 22.9 Å². The number of carbonyl (C=O) groups is 3. The van der Waals surface area contributed by atoms with E-state index in [1.165, 1.54) is 26.3 Å². The minimum absolute atomic E-state index is 0.00859. The number of hydrogen-bond acceptors (Lipinski definition) is 7. The van der Waals surface area contributed by atoms with Gasteiger partial charge in [-0.2, -0.15) is 0 Å². The van der Waals surface area contributed by atoms with Crippen LogP contribution in [0.1, 0.15) is 10.4 Å². The first-order chi connectivity index (χ1) is 14.4. The van der Waals surface area contributed by atoms with Crippen molar-refractivity contribution in [3.63, 3.8) is 0 Å². The van der Waals surface area contributed by atoms with Crippen molar-refractivity contribution in [1.29, 1.82) is 0 Å². The van der Waals surface area contributed by atoms with E-state index in [9.17, 15) is 14.4 Å². The third kappa shape index (κ3) is 5.12. The summed E-state index contributed by atoms with van der Waals surface area (Å²) in [6.07, 6.45) is 0. The van der Waals surface area contributed by atoms with E-state index in [2.05, 4.69) is 5.32 Å². The number of esters is 1. The molecule has 0 saturated carbocycles. The molecule has 0 saturated heterocycles. The molecule has 0 bridgehead atoms. The number of nitrogens with one attached hydrogen (secondary N) is 1. The summed E-state index contributed by atoms with van der Waals surface area (Å²) in [6, 6.07) is 9.61. The minimum Gasteiger partial charge on any atom is -0.497 e. The molecule has 0 unspecified atom stereocenters. The van der Waals surface area contributed by atoms with Crippen molar-refractivity contribution in [3.05, 3.63) is 47.0 Å². The van der Waals surface area contributed by atoms with Crippen LogP contribution >= 0.6 is 11.6 Å². The van der Waals surface area contributed by atoms with Crippen LogP contribution in [-0.2, 0) is 14.3 Å². The molecule has 0 atom stereocenters. The smallest absolute Gasteiger partial charge is 0.338 e. The summed E-state index contributed by atoms with van der Waals surface area (Å²) in [5, 5.41) is 2.87. The third-order valence-corrected chi connectivity index (χ3v) is 4.43. The zero-order valence-electron chi connectivity index (χ0n) is 16.3. The first-order valence-corrected chi connectivity index (χ1v) is 9.19. The summed E-state index contributed by atoms with van der Waals surface area (Å²) >= 11 is 6.03. The molecule has 0 aliphatic carbocycles. The van der Waals surface area contributed by atoms with Gasteiger partial charge in [0.25, 0.3) is 5.91 Å². The van der Waals surface area contributed by atoms with Crippen molar-refractivity contribution in [3.8, 4) is 17.2 Å². The molecule has 1 heterocycles. The molecule has 30 heavy (non-hydrogen) atoms. The molecule has 1 aliphatic heterocycles. The Hall–Kier alpha value is -3.46. The molecule has 10 heteroatoms. The van der Waals surface area contributed by atoms with Crippen molar-refractivity contribution in [2.45, 2.75) is 0 Å². The lowest BCUT2D eigenvalue weighted by Crippen LogP contribution is -2.37. The molecule has 2 amide bonds. The second-order valence-electron chi connectivity index (χ2n) is 6.30. The van der Waals surface area contributed by atoms with E-state index in [-0.39, 0.29) is 23.9 Å². The van der Waals surface area contributed by atoms with E-state index >= 15 is 0 Å². The van der Waals surface area contributed by atoms with Crippen LogP contribution in [0.3, 0.4) is 0 Å². The van der Waals surface area contributed by atoms with Gasteiger partial charge in [0.1, 0.15) is 5.75 Å². The number of nitrogens with zero attached hydrogens (tertiary/aromatic N) is 1. The normalized spacial score (nSPS) is 11.6. The van der Waals surface area contributed by atoms with Crippen molar-refractivity contribution in [2.24, 2.45) is 0 Å². The Labute approximate surface area is 177 Å². The Bertz CT molecular complexity index is 980. The van der Waals surface area contributed by atoms with Gasteiger partial charge in [0.05, 0.1) is 24.2 Å². The average molecular weight is 435 g/mol. The van der Waals surface area contributed by atoms with E-state index < -0.39 is 24.4 Å². The second kappa shape index (κ2) is 9.36. The lowest BCUT2D eigenvalue weighted by atomic mass is 10.2. The van der Waals surface area contributed by atoms with E-state index in [1.807, 2.05) is 0 Å². The number of benzene rings is 2. The lowest BCUT2D eigenvalue weighted by molar-refractivity contribution is -0.136. The van der Waals surface area contributed by atoms with Gasteiger partial charge in [-0.3, -0.25) is 9.59 Å². The van der Waals surface area contributed by atoms with E-state index in [4.69, 9.17) is 30.5 Å². The number of methoxy groups -OCH3 is 1. The summed E-state index contributed by atoms with van der Waals surface area (Å²) < 4.78 is 20.5. The average Bonchev–Trinajstić information content (AvgIpc) is 3.21. The lowest BCUT2D eigenvalue weighted by Gasteiger charge is -2.17. The molecule has 0 radical (unpaired) electrons. The fourth-order valence-electron chi connectivity index (χ4n) is 2.61. The first-order valence-electron chi connectivity index (χ1n) is 8.81. The Morgan fingerprint density at radius 1 is 1.20 bits per heavy atom. The number of halogens is 1. The van der Waals surface area contributed by atoms with Crippen LogP contribution in [0.5, 0.6) is 17.2 Å². The third-order valence-electron chi connectivity index (χ3n) is 4.15. The molecule has 1 aliphatic rings. The quantitative estimate of drug-likeness (QED) is 0.667. The van der Waals surface area contributed by atoms with Gasteiger partial charge < -0.3 is 29.2 Å². The zero-order valence-corrected chi connectivity index (χ0v) is 17.0. The predicted octanol–water partition coefficient (Wildman–Crippen LogP) is 2.33. The van der Waals surface area contributed by atoms with Gasteiger partial charge in [0.2, 0.25) is 12.7 Å². The van der Waals surface area contributed by atoms with Gasteiger partial charge >= 0.3 is 5.97 Å². The number of ether oxygens (including phenoxy) is 4. The van der Waals surface area contributed by atoms with Gasteiger partial charge in [-0.1, -0.05) is 17.7 Å². The van der Waals surface area contributed by atoms with Crippen LogP contribution in [0.15, 0.2) is 36.4 Å². The summed E-state index contributed by atoms with van der Waals surface area (Å²) in [5.74, 6) is -0.437. The highest BCUT2D eigenvalue weighted by Crippen LogP contribution is 2.39. The summed E-state index contributed by atoms with van der Waals surface area (Å²) in [5.41, 5.74) is 0.654. The van der Waals surface area contributed by atoms with Crippen LogP contribution in [0.2, 0.25) is 5.02 Å². The molecule has 0 spiro atoms. The maximum Gasteiger partial charge on any atom is 0.338 e. The molecule has 158 valence electrons. The van der Waals surface area contributed by atoms with Crippen LogP contribution in [0.4, 0.5) is 5.69 Å². The van der Waals surface area contributed by atoms with E-state index in [1.54, 1.807) is 24.3 Å². The number of likely N-dealkylation sites (N-methyl/N-ethyl adjacent to an activating group) is 1. The topological polar surface area (TPSA) is 103 Å². The summed E-state index contributed by atoms with van der Waals surface area (Å²) in [6.45, 7) is -0.744. The fraction of sp³-hybridized carbons (Fsp3) is 0.250. The SMILES string of the molecule is COc1cccc(NC(=O)CN(C)C(=O)COC(=O)c2cc(Cl)c3c(c2)OCO3)c1. The molecule has 3 rings (SSSR count). The van der Waals surface area contributed by atoms with Crippen molar-refractivity contribution >= 4 is 35.1 Å². The monoisotopic (exact) mass is 434 g/mol. The van der Waals surface area contributed by atoms with Crippen molar-refractivity contribution in [2.75, 3.05) is 39.4 Å². The highest BCUT2D eigenvalue weighted by atomic mass is 35.5. The molecule has 2 aromatic carbocycles. The van der Waals surface area contributed by atoms with Gasteiger partial charge in [0.15, 0.2) is 18.1 Å². The number of amides is 2. The van der Waals surface area contributed by atoms with Gasteiger partial charge in [-0.05, 0) is 24.3 Å².